The maximum Gasteiger partial charge on any atom is 0.252 e. The first-order valence-corrected chi connectivity index (χ1v) is 9.67. The van der Waals surface area contributed by atoms with E-state index in [0.29, 0.717) is 23.8 Å². The number of nitrogens with zero attached hydrogens (tertiary/aromatic N) is 1. The highest BCUT2D eigenvalue weighted by atomic mass is 32.2. The number of thiophene rings is 1. The van der Waals surface area contributed by atoms with Gasteiger partial charge in [0.1, 0.15) is 4.21 Å². The van der Waals surface area contributed by atoms with Gasteiger partial charge in [-0.1, -0.05) is 6.92 Å². The second kappa shape index (κ2) is 7.08. The second-order valence-corrected chi connectivity index (χ2v) is 8.95. The summed E-state index contributed by atoms with van der Waals surface area (Å²) in [7, 11) is -3.51. The fourth-order valence-electron chi connectivity index (χ4n) is 2.78. The summed E-state index contributed by atoms with van der Waals surface area (Å²) >= 11 is 1.20. The molecule has 0 aromatic carbocycles. The minimum Gasteiger partial charge on any atom is -0.351 e. The largest absolute Gasteiger partial charge is 0.351 e. The van der Waals surface area contributed by atoms with Crippen LogP contribution in [-0.2, 0) is 21.4 Å². The van der Waals surface area contributed by atoms with Crippen LogP contribution < -0.4 is 11.1 Å². The number of amides is 1. The van der Waals surface area contributed by atoms with E-state index in [0.717, 1.165) is 17.7 Å². The predicted molar refractivity (Wildman–Crippen MR) is 87.0 cm³/mol. The Bertz CT molecular complexity index is 627. The van der Waals surface area contributed by atoms with Gasteiger partial charge in [-0.3, -0.25) is 4.79 Å². The number of sulfonamides is 1. The lowest BCUT2D eigenvalue weighted by atomic mass is 9.93. The molecule has 2 unspecified atom stereocenters. The van der Waals surface area contributed by atoms with Crippen LogP contribution in [0.15, 0.2) is 16.3 Å². The lowest BCUT2D eigenvalue weighted by molar-refractivity contribution is -0.119. The normalized spacial score (nSPS) is 23.4. The molecular weight excluding hydrogens is 322 g/mol. The lowest BCUT2D eigenvalue weighted by Crippen LogP contribution is -2.51. The van der Waals surface area contributed by atoms with Gasteiger partial charge in [0.15, 0.2) is 0 Å². The third-order valence-corrected chi connectivity index (χ3v) is 7.49. The van der Waals surface area contributed by atoms with Crippen molar-refractivity contribution < 1.29 is 13.2 Å². The van der Waals surface area contributed by atoms with Gasteiger partial charge in [0.05, 0.1) is 6.54 Å². The highest BCUT2D eigenvalue weighted by molar-refractivity contribution is 7.91. The summed E-state index contributed by atoms with van der Waals surface area (Å²) in [6, 6.07) is 3.22. The van der Waals surface area contributed by atoms with E-state index in [1.807, 2.05) is 0 Å². The molecule has 2 atom stereocenters. The van der Waals surface area contributed by atoms with Gasteiger partial charge in [-0.05, 0) is 30.9 Å². The molecule has 0 radical (unpaired) electrons. The Morgan fingerprint density at radius 1 is 1.50 bits per heavy atom. The van der Waals surface area contributed by atoms with Crippen molar-refractivity contribution in [3.05, 3.63) is 17.0 Å². The van der Waals surface area contributed by atoms with Crippen LogP contribution in [0.3, 0.4) is 0 Å². The Kier molecular flexibility index (Phi) is 5.60. The fourth-order valence-corrected chi connectivity index (χ4v) is 5.97. The Morgan fingerprint density at radius 3 is 2.86 bits per heavy atom. The smallest absolute Gasteiger partial charge is 0.252 e. The quantitative estimate of drug-likeness (QED) is 0.837. The molecule has 8 heteroatoms. The zero-order chi connectivity index (χ0) is 16.3. The number of hydrogen-bond donors (Lipinski definition) is 2. The second-order valence-electron chi connectivity index (χ2n) is 5.67. The van der Waals surface area contributed by atoms with Gasteiger partial charge in [-0.25, -0.2) is 8.42 Å². The van der Waals surface area contributed by atoms with E-state index in [9.17, 15) is 13.2 Å². The summed E-state index contributed by atoms with van der Waals surface area (Å²) in [5, 5.41) is 2.68. The molecule has 124 valence electrons. The van der Waals surface area contributed by atoms with Crippen molar-refractivity contribution in [2.75, 3.05) is 13.1 Å². The van der Waals surface area contributed by atoms with Crippen molar-refractivity contribution in [2.24, 2.45) is 11.7 Å². The van der Waals surface area contributed by atoms with Crippen molar-refractivity contribution in [3.8, 4) is 0 Å². The van der Waals surface area contributed by atoms with E-state index in [2.05, 4.69) is 12.2 Å². The van der Waals surface area contributed by atoms with Gasteiger partial charge in [0.2, 0.25) is 5.91 Å². The summed E-state index contributed by atoms with van der Waals surface area (Å²) < 4.78 is 27.6. The van der Waals surface area contributed by atoms with Crippen LogP contribution in [-0.4, -0.2) is 37.8 Å². The number of carbonyl (C=O) groups is 1. The van der Waals surface area contributed by atoms with E-state index >= 15 is 0 Å². The van der Waals surface area contributed by atoms with Crippen molar-refractivity contribution in [3.63, 3.8) is 0 Å². The third-order valence-electron chi connectivity index (χ3n) is 4.02. The van der Waals surface area contributed by atoms with Crippen LogP contribution >= 0.6 is 11.3 Å². The van der Waals surface area contributed by atoms with Gasteiger partial charge in [0, 0.05) is 30.9 Å². The number of piperidine rings is 1. The molecule has 22 heavy (non-hydrogen) atoms. The first-order chi connectivity index (χ1) is 10.4. The first-order valence-electron chi connectivity index (χ1n) is 7.41. The molecule has 1 aromatic heterocycles. The highest BCUT2D eigenvalue weighted by Crippen LogP contribution is 2.31. The summed E-state index contributed by atoms with van der Waals surface area (Å²) in [6.07, 6.45) is 1.87. The van der Waals surface area contributed by atoms with Gasteiger partial charge in [0.25, 0.3) is 10.0 Å². The molecule has 1 aromatic rings. The molecule has 0 bridgehead atoms. The number of rotatable bonds is 5. The van der Waals surface area contributed by atoms with E-state index in [1.165, 1.54) is 18.3 Å². The van der Waals surface area contributed by atoms with Crippen LogP contribution in [0.25, 0.3) is 0 Å². The van der Waals surface area contributed by atoms with Crippen molar-refractivity contribution in [1.29, 1.82) is 0 Å². The molecule has 2 heterocycles. The van der Waals surface area contributed by atoms with E-state index < -0.39 is 10.0 Å². The third kappa shape index (κ3) is 3.68. The molecule has 1 fully saturated rings. The summed E-state index contributed by atoms with van der Waals surface area (Å²) in [4.78, 5) is 11.8. The zero-order valence-corrected chi connectivity index (χ0v) is 14.5. The predicted octanol–water partition coefficient (Wildman–Crippen LogP) is 1.13. The Morgan fingerprint density at radius 2 is 2.23 bits per heavy atom. The molecule has 0 spiro atoms. The van der Waals surface area contributed by atoms with Crippen LogP contribution in [0, 0.1) is 5.92 Å². The topological polar surface area (TPSA) is 92.5 Å². The molecule has 6 nitrogen and oxygen atoms in total. The summed E-state index contributed by atoms with van der Waals surface area (Å²) in [6.45, 7) is 4.70. The minimum absolute atomic E-state index is 0.133. The molecule has 2 rings (SSSR count). The van der Waals surface area contributed by atoms with Crippen LogP contribution in [0.4, 0.5) is 0 Å². The highest BCUT2D eigenvalue weighted by Gasteiger charge is 2.37. The molecule has 1 aliphatic rings. The standard InChI is InChI=1S/C14H23N3O3S2/c1-10-4-3-7-17(13(10)8-15)22(19,20)14-6-5-12(21-14)9-16-11(2)18/h5-6,10,13H,3-4,7-9,15H2,1-2H3,(H,16,18). The van der Waals surface area contributed by atoms with Gasteiger partial charge >= 0.3 is 0 Å². The van der Waals surface area contributed by atoms with Gasteiger partial charge < -0.3 is 11.1 Å². The van der Waals surface area contributed by atoms with Crippen LogP contribution in [0.5, 0.6) is 0 Å². The van der Waals surface area contributed by atoms with E-state index in [4.69, 9.17) is 5.73 Å². The number of nitrogens with two attached hydrogens (primary N) is 1. The maximum absolute atomic E-state index is 12.8. The van der Waals surface area contributed by atoms with Gasteiger partial charge in [-0.2, -0.15) is 4.31 Å². The summed E-state index contributed by atoms with van der Waals surface area (Å²) in [5.41, 5.74) is 5.79. The van der Waals surface area contributed by atoms with Crippen molar-refractivity contribution >= 4 is 27.3 Å². The van der Waals surface area contributed by atoms with E-state index in [-0.39, 0.29) is 17.9 Å². The van der Waals surface area contributed by atoms with Crippen molar-refractivity contribution in [1.82, 2.24) is 9.62 Å². The SMILES string of the molecule is CC(=O)NCc1ccc(S(=O)(=O)N2CCCC(C)C2CN)s1. The molecule has 1 amide bonds. The molecule has 3 N–H and O–H groups in total. The number of carbonyl (C=O) groups excluding carboxylic acids is 1. The molecular formula is C14H23N3O3S2. The Hall–Kier alpha value is -0.960. The molecule has 1 aliphatic heterocycles. The van der Waals surface area contributed by atoms with Crippen molar-refractivity contribution in [2.45, 2.75) is 43.5 Å². The fraction of sp³-hybridized carbons (Fsp3) is 0.643. The summed E-state index contributed by atoms with van der Waals surface area (Å²) in [5.74, 6) is 0.137. The Balaban J connectivity index is 2.20. The Labute approximate surface area is 135 Å². The number of hydrogen-bond acceptors (Lipinski definition) is 5. The van der Waals surface area contributed by atoms with E-state index in [1.54, 1.807) is 16.4 Å². The monoisotopic (exact) mass is 345 g/mol. The maximum atomic E-state index is 12.8. The molecule has 0 saturated carbocycles. The zero-order valence-electron chi connectivity index (χ0n) is 12.9. The molecule has 1 saturated heterocycles. The van der Waals surface area contributed by atoms with Gasteiger partial charge in [-0.15, -0.1) is 11.3 Å². The first kappa shape index (κ1) is 17.4. The lowest BCUT2D eigenvalue weighted by Gasteiger charge is -2.37. The van der Waals surface area contributed by atoms with Crippen LogP contribution in [0.1, 0.15) is 31.6 Å². The molecule has 0 aliphatic carbocycles. The van der Waals surface area contributed by atoms with Crippen LogP contribution in [0.2, 0.25) is 0 Å². The minimum atomic E-state index is -3.51. The average Bonchev–Trinajstić information content (AvgIpc) is 2.94. The number of nitrogens with one attached hydrogen (secondary N) is 1. The average molecular weight is 345 g/mol.